The first kappa shape index (κ1) is 24.6. The van der Waals surface area contributed by atoms with E-state index in [2.05, 4.69) is 64.4 Å². The van der Waals surface area contributed by atoms with Crippen LogP contribution in [0.25, 0.3) is 10.9 Å². The average molecular weight is 497 g/mol. The van der Waals surface area contributed by atoms with Gasteiger partial charge >= 0.3 is 0 Å². The minimum Gasteiger partial charge on any atom is -0.468 e. The first-order valence-electron chi connectivity index (χ1n) is 12.6. The second-order valence-electron chi connectivity index (χ2n) is 10.1. The van der Waals surface area contributed by atoms with Gasteiger partial charge in [-0.3, -0.25) is 9.69 Å². The van der Waals surface area contributed by atoms with Gasteiger partial charge in [-0.05, 0) is 78.9 Å². The summed E-state index contributed by atoms with van der Waals surface area (Å²) < 4.78 is 7.61. The number of nitrogens with zero attached hydrogens (tertiary/aromatic N) is 5. The number of nitrogens with one attached hydrogen (secondary N) is 1. The zero-order chi connectivity index (χ0) is 26.0. The van der Waals surface area contributed by atoms with E-state index in [0.717, 1.165) is 34.2 Å². The molecule has 190 valence electrons. The number of aromatic nitrogens is 5. The van der Waals surface area contributed by atoms with Gasteiger partial charge in [0.2, 0.25) is 0 Å². The summed E-state index contributed by atoms with van der Waals surface area (Å²) in [5, 5.41) is 13.9. The predicted octanol–water partition coefficient (Wildman–Crippen LogP) is 5.35. The molecule has 8 heteroatoms. The van der Waals surface area contributed by atoms with Crippen molar-refractivity contribution < 1.29 is 4.42 Å². The Hall–Kier alpha value is -4.04. The normalized spacial score (nSPS) is 12.9. The predicted molar refractivity (Wildman–Crippen MR) is 143 cm³/mol. The van der Waals surface area contributed by atoms with Crippen LogP contribution in [0.5, 0.6) is 0 Å². The van der Waals surface area contributed by atoms with Crippen LogP contribution in [0.1, 0.15) is 61.5 Å². The van der Waals surface area contributed by atoms with Gasteiger partial charge in [0.15, 0.2) is 5.82 Å². The number of aryl methyl sites for hydroxylation is 1. The Morgan fingerprint density at radius 2 is 1.86 bits per heavy atom. The zero-order valence-electron chi connectivity index (χ0n) is 21.7. The summed E-state index contributed by atoms with van der Waals surface area (Å²) in [5.41, 5.74) is 3.11. The maximum Gasteiger partial charge on any atom is 0.253 e. The Balaban J connectivity index is 1.73. The first-order chi connectivity index (χ1) is 17.9. The smallest absolute Gasteiger partial charge is 0.253 e. The van der Waals surface area contributed by atoms with E-state index < -0.39 is 6.04 Å². The van der Waals surface area contributed by atoms with Crippen molar-refractivity contribution in [3.8, 4) is 0 Å². The minimum absolute atomic E-state index is 0.164. The molecule has 0 aliphatic carbocycles. The Morgan fingerprint density at radius 1 is 1.05 bits per heavy atom. The highest BCUT2D eigenvalue weighted by Crippen LogP contribution is 2.33. The summed E-state index contributed by atoms with van der Waals surface area (Å²) in [7, 11) is 0. The number of hydrogen-bond acceptors (Lipinski definition) is 6. The Kier molecular flexibility index (Phi) is 6.76. The van der Waals surface area contributed by atoms with E-state index in [9.17, 15) is 4.79 Å². The molecule has 0 aliphatic heterocycles. The quantitative estimate of drug-likeness (QED) is 0.296. The van der Waals surface area contributed by atoms with Crippen LogP contribution in [0.3, 0.4) is 0 Å². The first-order valence-corrected chi connectivity index (χ1v) is 12.6. The van der Waals surface area contributed by atoms with Crippen molar-refractivity contribution in [2.45, 2.75) is 58.8 Å². The van der Waals surface area contributed by atoms with Crippen molar-refractivity contribution in [2.75, 3.05) is 0 Å². The summed E-state index contributed by atoms with van der Waals surface area (Å²) in [5.74, 6) is 1.41. The summed E-state index contributed by atoms with van der Waals surface area (Å²) in [6.07, 6.45) is 2.49. The van der Waals surface area contributed by atoms with Crippen molar-refractivity contribution in [1.29, 1.82) is 0 Å². The van der Waals surface area contributed by atoms with Gasteiger partial charge < -0.3 is 9.40 Å². The molecule has 0 radical (unpaired) electrons. The van der Waals surface area contributed by atoms with Crippen molar-refractivity contribution in [3.05, 3.63) is 112 Å². The van der Waals surface area contributed by atoms with E-state index in [0.29, 0.717) is 24.5 Å². The molecule has 0 saturated heterocycles. The van der Waals surface area contributed by atoms with Gasteiger partial charge in [-0.1, -0.05) is 48.9 Å². The molecular formula is C29H32N6O2. The fourth-order valence-electron chi connectivity index (χ4n) is 4.65. The molecule has 8 nitrogen and oxygen atoms in total. The SMILES string of the molecule is CCC(C)(C)n1nnnc1[C@H](c1cc2cc(C)ccc2[nH]c1=O)N(Cc1ccccc1)Cc1ccco1. The molecule has 5 rings (SSSR count). The van der Waals surface area contributed by atoms with E-state index in [1.807, 2.05) is 60.1 Å². The molecule has 0 aliphatic rings. The number of pyridine rings is 1. The number of hydrogen-bond donors (Lipinski definition) is 1. The zero-order valence-corrected chi connectivity index (χ0v) is 21.7. The van der Waals surface area contributed by atoms with E-state index in [1.54, 1.807) is 6.26 Å². The summed E-state index contributed by atoms with van der Waals surface area (Å²) in [4.78, 5) is 19.0. The minimum atomic E-state index is -0.528. The highest BCUT2D eigenvalue weighted by Gasteiger charge is 2.34. The summed E-state index contributed by atoms with van der Waals surface area (Å²) >= 11 is 0. The van der Waals surface area contributed by atoms with Crippen LogP contribution in [0.15, 0.2) is 82.2 Å². The molecule has 0 spiro atoms. The molecule has 0 saturated carbocycles. The number of tetrazole rings is 1. The van der Waals surface area contributed by atoms with Crippen LogP contribution in [0.4, 0.5) is 0 Å². The number of fused-ring (bicyclic) bond motifs is 1. The average Bonchev–Trinajstić information content (AvgIpc) is 3.58. The molecule has 0 unspecified atom stereocenters. The summed E-state index contributed by atoms with van der Waals surface area (Å²) in [6.45, 7) is 9.40. The number of H-pyrrole nitrogens is 1. The molecule has 3 aromatic heterocycles. The molecule has 0 amide bonds. The van der Waals surface area contributed by atoms with Gasteiger partial charge in [-0.15, -0.1) is 5.10 Å². The third kappa shape index (κ3) is 5.11. The number of aromatic amines is 1. The van der Waals surface area contributed by atoms with E-state index in [1.165, 1.54) is 0 Å². The van der Waals surface area contributed by atoms with Crippen molar-refractivity contribution in [1.82, 2.24) is 30.1 Å². The lowest BCUT2D eigenvalue weighted by molar-refractivity contribution is 0.168. The molecule has 0 fully saturated rings. The molecule has 0 bridgehead atoms. The topological polar surface area (TPSA) is 92.8 Å². The lowest BCUT2D eigenvalue weighted by Crippen LogP contribution is -2.38. The van der Waals surface area contributed by atoms with Crippen LogP contribution in [-0.2, 0) is 18.6 Å². The fourth-order valence-corrected chi connectivity index (χ4v) is 4.65. The van der Waals surface area contributed by atoms with Gasteiger partial charge in [0.1, 0.15) is 11.8 Å². The van der Waals surface area contributed by atoms with Crippen molar-refractivity contribution in [3.63, 3.8) is 0 Å². The Morgan fingerprint density at radius 3 is 2.59 bits per heavy atom. The van der Waals surface area contributed by atoms with Crippen LogP contribution >= 0.6 is 0 Å². The third-order valence-electron chi connectivity index (χ3n) is 7.03. The molecule has 37 heavy (non-hydrogen) atoms. The van der Waals surface area contributed by atoms with Crippen molar-refractivity contribution >= 4 is 10.9 Å². The molecule has 1 atom stereocenters. The van der Waals surface area contributed by atoms with E-state index >= 15 is 0 Å². The van der Waals surface area contributed by atoms with E-state index in [4.69, 9.17) is 4.42 Å². The monoisotopic (exact) mass is 496 g/mol. The van der Waals surface area contributed by atoms with Gasteiger partial charge in [0.05, 0.1) is 18.3 Å². The van der Waals surface area contributed by atoms with Gasteiger partial charge in [0, 0.05) is 17.6 Å². The maximum atomic E-state index is 13.7. The van der Waals surface area contributed by atoms with Gasteiger partial charge in [-0.2, -0.15) is 0 Å². The van der Waals surface area contributed by atoms with Crippen molar-refractivity contribution in [2.24, 2.45) is 0 Å². The number of benzene rings is 2. The second-order valence-corrected chi connectivity index (χ2v) is 10.1. The van der Waals surface area contributed by atoms with Crippen LogP contribution < -0.4 is 5.56 Å². The Labute approximate surface area is 215 Å². The highest BCUT2D eigenvalue weighted by atomic mass is 16.3. The van der Waals surface area contributed by atoms with Crippen LogP contribution in [0.2, 0.25) is 0 Å². The van der Waals surface area contributed by atoms with Gasteiger partial charge in [-0.25, -0.2) is 4.68 Å². The lowest BCUT2D eigenvalue weighted by atomic mass is 9.98. The molecule has 1 N–H and O–H groups in total. The summed E-state index contributed by atoms with van der Waals surface area (Å²) in [6, 6.07) is 21.5. The molecular weight excluding hydrogens is 464 g/mol. The van der Waals surface area contributed by atoms with Crippen LogP contribution in [-0.4, -0.2) is 30.1 Å². The molecule has 3 heterocycles. The highest BCUT2D eigenvalue weighted by molar-refractivity contribution is 5.79. The van der Waals surface area contributed by atoms with Crippen LogP contribution in [0, 0.1) is 6.92 Å². The fraction of sp³-hybridized carbons (Fsp3) is 0.310. The Bertz CT molecular complexity index is 1540. The second kappa shape index (κ2) is 10.1. The molecule has 2 aromatic carbocycles. The maximum absolute atomic E-state index is 13.7. The molecule has 5 aromatic rings. The van der Waals surface area contributed by atoms with E-state index in [-0.39, 0.29) is 11.1 Å². The largest absolute Gasteiger partial charge is 0.468 e. The van der Waals surface area contributed by atoms with Gasteiger partial charge in [0.25, 0.3) is 5.56 Å². The standard InChI is InChI=1S/C29H32N6O2/c1-5-29(3,4)35-27(31-32-33-35)26(24-17-22-16-20(2)13-14-25(22)30-28(24)36)34(19-23-12-9-15-37-23)18-21-10-7-6-8-11-21/h6-17,26H,5,18-19H2,1-4H3,(H,30,36)/t26-/m0/s1. The number of rotatable bonds is 9. The third-order valence-corrected chi connectivity index (χ3v) is 7.03. The lowest BCUT2D eigenvalue weighted by Gasteiger charge is -2.33. The number of furan rings is 1.